The van der Waals surface area contributed by atoms with Crippen LogP contribution in [0.25, 0.3) is 0 Å². The molecule has 4 rings (SSSR count). The molecule has 3 aromatic rings. The standard InChI is InChI=1S/C27H27N3O/c28-19-25-15-8-16-30(20-22-11-5-2-6-12-22)26(25)29-27(31)24-14-7-13-23(18-24)17-21-9-3-1-4-10-21/h1-7,9-14,18,25-26H,8,15-17,20H2,(H,29,31). The molecule has 0 aliphatic carbocycles. The Kier molecular flexibility index (Phi) is 6.76. The minimum atomic E-state index is -0.288. The number of amides is 1. The molecule has 0 spiro atoms. The number of hydrogen-bond donors (Lipinski definition) is 1. The Morgan fingerprint density at radius 1 is 0.935 bits per heavy atom. The predicted octanol–water partition coefficient (Wildman–Crippen LogP) is 4.77. The van der Waals surface area contributed by atoms with Crippen LogP contribution in [-0.2, 0) is 13.0 Å². The van der Waals surface area contributed by atoms with Crippen LogP contribution >= 0.6 is 0 Å². The molecule has 2 unspecified atom stereocenters. The maximum absolute atomic E-state index is 13.1. The third-order valence-electron chi connectivity index (χ3n) is 5.85. The molecule has 0 radical (unpaired) electrons. The molecule has 31 heavy (non-hydrogen) atoms. The Balaban J connectivity index is 1.49. The van der Waals surface area contributed by atoms with Gasteiger partial charge in [0, 0.05) is 18.7 Å². The zero-order valence-corrected chi connectivity index (χ0v) is 17.6. The molecule has 1 saturated heterocycles. The van der Waals surface area contributed by atoms with Crippen LogP contribution in [0.3, 0.4) is 0 Å². The van der Waals surface area contributed by atoms with Crippen LogP contribution < -0.4 is 5.32 Å². The number of piperidine rings is 1. The first-order valence-corrected chi connectivity index (χ1v) is 10.8. The van der Waals surface area contributed by atoms with Crippen LogP contribution in [0.15, 0.2) is 84.9 Å². The fourth-order valence-corrected chi connectivity index (χ4v) is 4.26. The molecule has 0 aromatic heterocycles. The van der Waals surface area contributed by atoms with E-state index in [9.17, 15) is 10.1 Å². The zero-order valence-electron chi connectivity index (χ0n) is 17.6. The van der Waals surface area contributed by atoms with Gasteiger partial charge in [0.1, 0.15) is 0 Å². The maximum atomic E-state index is 13.1. The molecule has 0 bridgehead atoms. The molecule has 4 heteroatoms. The van der Waals surface area contributed by atoms with Gasteiger partial charge in [-0.15, -0.1) is 0 Å². The average molecular weight is 410 g/mol. The van der Waals surface area contributed by atoms with E-state index in [1.165, 1.54) is 11.1 Å². The number of nitrogens with one attached hydrogen (secondary N) is 1. The van der Waals surface area contributed by atoms with Crippen molar-refractivity contribution in [3.63, 3.8) is 0 Å². The van der Waals surface area contributed by atoms with Crippen molar-refractivity contribution >= 4 is 5.91 Å². The second-order valence-electron chi connectivity index (χ2n) is 8.11. The molecular weight excluding hydrogens is 382 g/mol. The van der Waals surface area contributed by atoms with Crippen molar-refractivity contribution in [1.82, 2.24) is 10.2 Å². The Hall–Kier alpha value is -3.42. The largest absolute Gasteiger partial charge is 0.335 e. The van der Waals surface area contributed by atoms with E-state index in [1.54, 1.807) is 0 Å². The number of carbonyl (C=O) groups excluding carboxylic acids is 1. The lowest BCUT2D eigenvalue weighted by molar-refractivity contribution is 0.0636. The van der Waals surface area contributed by atoms with Gasteiger partial charge < -0.3 is 5.32 Å². The summed E-state index contributed by atoms with van der Waals surface area (Å²) in [5.41, 5.74) is 4.13. The van der Waals surface area contributed by atoms with Crippen molar-refractivity contribution in [3.8, 4) is 6.07 Å². The van der Waals surface area contributed by atoms with Gasteiger partial charge in [0.2, 0.25) is 0 Å². The van der Waals surface area contributed by atoms with Crippen molar-refractivity contribution in [2.45, 2.75) is 32.0 Å². The predicted molar refractivity (Wildman–Crippen MR) is 122 cm³/mol. The first kappa shape index (κ1) is 20.8. The maximum Gasteiger partial charge on any atom is 0.252 e. The second kappa shape index (κ2) is 10.1. The van der Waals surface area contributed by atoms with Gasteiger partial charge in [0.05, 0.1) is 18.2 Å². The van der Waals surface area contributed by atoms with E-state index < -0.39 is 0 Å². The van der Waals surface area contributed by atoms with Crippen LogP contribution in [0.1, 0.15) is 39.9 Å². The van der Waals surface area contributed by atoms with E-state index in [2.05, 4.69) is 40.6 Å². The summed E-state index contributed by atoms with van der Waals surface area (Å²) in [6.07, 6.45) is 2.26. The summed E-state index contributed by atoms with van der Waals surface area (Å²) in [6.45, 7) is 1.59. The summed E-state index contributed by atoms with van der Waals surface area (Å²) in [4.78, 5) is 15.4. The number of nitrogens with zero attached hydrogens (tertiary/aromatic N) is 2. The van der Waals surface area contributed by atoms with Gasteiger partial charge in [-0.3, -0.25) is 9.69 Å². The number of carbonyl (C=O) groups is 1. The van der Waals surface area contributed by atoms with Crippen molar-refractivity contribution in [1.29, 1.82) is 5.26 Å². The lowest BCUT2D eigenvalue weighted by Gasteiger charge is -2.39. The molecule has 1 heterocycles. The number of hydrogen-bond acceptors (Lipinski definition) is 3. The molecule has 1 aliphatic heterocycles. The van der Waals surface area contributed by atoms with Gasteiger partial charge >= 0.3 is 0 Å². The molecule has 1 fully saturated rings. The highest BCUT2D eigenvalue weighted by Gasteiger charge is 2.32. The van der Waals surface area contributed by atoms with Crippen molar-refractivity contribution in [3.05, 3.63) is 107 Å². The molecule has 3 aromatic carbocycles. The third kappa shape index (κ3) is 5.39. The van der Waals surface area contributed by atoms with Crippen molar-refractivity contribution < 1.29 is 4.79 Å². The highest BCUT2D eigenvalue weighted by Crippen LogP contribution is 2.24. The summed E-state index contributed by atoms with van der Waals surface area (Å²) < 4.78 is 0. The van der Waals surface area contributed by atoms with Crippen LogP contribution in [0.5, 0.6) is 0 Å². The average Bonchev–Trinajstić information content (AvgIpc) is 2.81. The first-order chi connectivity index (χ1) is 15.2. The molecule has 0 saturated carbocycles. The fourth-order valence-electron chi connectivity index (χ4n) is 4.26. The number of likely N-dealkylation sites (tertiary alicyclic amines) is 1. The molecule has 1 N–H and O–H groups in total. The van der Waals surface area contributed by atoms with Gasteiger partial charge in [0.25, 0.3) is 5.91 Å². The molecule has 1 aliphatic rings. The van der Waals surface area contributed by atoms with Gasteiger partial charge in [-0.05, 0) is 48.1 Å². The second-order valence-corrected chi connectivity index (χ2v) is 8.11. The number of nitriles is 1. The summed E-state index contributed by atoms with van der Waals surface area (Å²) in [5.74, 6) is -0.339. The molecular formula is C27H27N3O. The van der Waals surface area contributed by atoms with E-state index in [1.807, 2.05) is 60.7 Å². The topological polar surface area (TPSA) is 56.1 Å². The first-order valence-electron chi connectivity index (χ1n) is 10.8. The molecule has 4 nitrogen and oxygen atoms in total. The van der Waals surface area contributed by atoms with Crippen molar-refractivity contribution in [2.24, 2.45) is 5.92 Å². The van der Waals surface area contributed by atoms with E-state index in [0.29, 0.717) is 5.56 Å². The number of benzene rings is 3. The van der Waals surface area contributed by atoms with Crippen molar-refractivity contribution in [2.75, 3.05) is 6.54 Å². The van der Waals surface area contributed by atoms with Crippen LogP contribution in [-0.4, -0.2) is 23.5 Å². The van der Waals surface area contributed by atoms with Gasteiger partial charge in [-0.1, -0.05) is 72.8 Å². The molecule has 1 amide bonds. The fraction of sp³-hybridized carbons (Fsp3) is 0.259. The lowest BCUT2D eigenvalue weighted by atomic mass is 9.94. The summed E-state index contributed by atoms with van der Waals surface area (Å²) in [6, 6.07) is 30.6. The summed E-state index contributed by atoms with van der Waals surface area (Å²) >= 11 is 0. The van der Waals surface area contributed by atoms with Gasteiger partial charge in [0.15, 0.2) is 0 Å². The SMILES string of the molecule is N#CC1CCCN(Cc2ccccc2)C1NC(=O)c1cccc(Cc2ccccc2)c1. The van der Waals surface area contributed by atoms with E-state index >= 15 is 0 Å². The summed E-state index contributed by atoms with van der Waals surface area (Å²) in [5, 5.41) is 12.9. The smallest absolute Gasteiger partial charge is 0.252 e. The Morgan fingerprint density at radius 2 is 1.61 bits per heavy atom. The minimum absolute atomic E-state index is 0.125. The Morgan fingerprint density at radius 3 is 2.32 bits per heavy atom. The van der Waals surface area contributed by atoms with Crippen LogP contribution in [0.4, 0.5) is 0 Å². The molecule has 2 atom stereocenters. The van der Waals surface area contributed by atoms with E-state index in [4.69, 9.17) is 0 Å². The molecule has 156 valence electrons. The summed E-state index contributed by atoms with van der Waals surface area (Å²) in [7, 11) is 0. The Bertz CT molecular complexity index is 1040. The lowest BCUT2D eigenvalue weighted by Crippen LogP contribution is -2.54. The van der Waals surface area contributed by atoms with Crippen LogP contribution in [0, 0.1) is 17.2 Å². The van der Waals surface area contributed by atoms with Gasteiger partial charge in [-0.2, -0.15) is 5.26 Å². The monoisotopic (exact) mass is 409 g/mol. The van der Waals surface area contributed by atoms with E-state index in [-0.39, 0.29) is 18.0 Å². The van der Waals surface area contributed by atoms with Crippen LogP contribution in [0.2, 0.25) is 0 Å². The number of rotatable bonds is 6. The van der Waals surface area contributed by atoms with E-state index in [0.717, 1.165) is 37.9 Å². The highest BCUT2D eigenvalue weighted by atomic mass is 16.1. The normalized spacial score (nSPS) is 18.8. The minimum Gasteiger partial charge on any atom is -0.335 e. The van der Waals surface area contributed by atoms with Gasteiger partial charge in [-0.25, -0.2) is 0 Å². The zero-order chi connectivity index (χ0) is 21.5. The quantitative estimate of drug-likeness (QED) is 0.638. The Labute approximate surface area is 184 Å². The third-order valence-corrected chi connectivity index (χ3v) is 5.85. The highest BCUT2D eigenvalue weighted by molar-refractivity contribution is 5.94.